The number of amides is 3. The van der Waals surface area contributed by atoms with Crippen molar-refractivity contribution >= 4 is 46.3 Å². The first-order valence-corrected chi connectivity index (χ1v) is 11.2. The Balaban J connectivity index is 1.84. The Morgan fingerprint density at radius 1 is 1.14 bits per heavy atom. The number of carboxylic acid groups (broad SMARTS) is 1. The summed E-state index contributed by atoms with van der Waals surface area (Å²) in [7, 11) is 1.64. The largest absolute Gasteiger partial charge is 0.475 e. The number of carbonyl (C=O) groups excluding carboxylic acids is 3. The lowest BCUT2D eigenvalue weighted by atomic mass is 10.0. The zero-order chi connectivity index (χ0) is 26.6. The van der Waals surface area contributed by atoms with Gasteiger partial charge in [-0.25, -0.2) is 14.6 Å². The highest BCUT2D eigenvalue weighted by molar-refractivity contribution is 5.98. The molecule has 0 aliphatic heterocycles. The SMILES string of the molecule is CC(=O)N(C)c1cccc(C[C@H](NC(=O)OC(C)(C)C)C(=O)Nc2ccc3[nH]c(C(=O)O)nc3c2)c1. The standard InChI is InChI=1S/C25H29N5O6/c1-14(31)30(5)17-8-6-7-15(11-17)12-20(29-24(35)36-25(2,3)4)22(32)26-16-9-10-18-19(13-16)28-21(27-18)23(33)34/h6-11,13,20H,12H2,1-5H3,(H,26,32)(H,27,28)(H,29,35)(H,33,34)/t20-/m0/s1. The van der Waals surface area contributed by atoms with Crippen LogP contribution in [0.5, 0.6) is 0 Å². The lowest BCUT2D eigenvalue weighted by molar-refractivity contribution is -0.118. The Kier molecular flexibility index (Phi) is 7.62. The molecule has 2 aromatic carbocycles. The van der Waals surface area contributed by atoms with Crippen LogP contribution in [0.2, 0.25) is 0 Å². The highest BCUT2D eigenvalue weighted by Crippen LogP contribution is 2.20. The molecular weight excluding hydrogens is 466 g/mol. The number of aromatic carboxylic acids is 1. The topological polar surface area (TPSA) is 154 Å². The summed E-state index contributed by atoms with van der Waals surface area (Å²) in [5, 5.41) is 14.5. The molecule has 36 heavy (non-hydrogen) atoms. The van der Waals surface area contributed by atoms with Gasteiger partial charge in [0.2, 0.25) is 17.6 Å². The first-order chi connectivity index (χ1) is 16.8. The molecule has 1 atom stereocenters. The molecular formula is C25H29N5O6. The molecule has 3 amide bonds. The third-order valence-electron chi connectivity index (χ3n) is 5.17. The molecule has 0 bridgehead atoms. The minimum Gasteiger partial charge on any atom is -0.475 e. The van der Waals surface area contributed by atoms with Crippen LogP contribution >= 0.6 is 0 Å². The van der Waals surface area contributed by atoms with Gasteiger partial charge in [-0.2, -0.15) is 0 Å². The van der Waals surface area contributed by atoms with Crippen LogP contribution in [-0.4, -0.2) is 57.6 Å². The number of nitrogens with zero attached hydrogens (tertiary/aromatic N) is 2. The third-order valence-corrected chi connectivity index (χ3v) is 5.17. The van der Waals surface area contributed by atoms with Gasteiger partial charge in [-0.1, -0.05) is 12.1 Å². The molecule has 0 aliphatic carbocycles. The Morgan fingerprint density at radius 3 is 2.50 bits per heavy atom. The predicted octanol–water partition coefficient (Wildman–Crippen LogP) is 3.32. The highest BCUT2D eigenvalue weighted by atomic mass is 16.6. The maximum Gasteiger partial charge on any atom is 0.408 e. The minimum absolute atomic E-state index is 0.123. The number of ether oxygens (including phenoxy) is 1. The van der Waals surface area contributed by atoms with Crippen LogP contribution < -0.4 is 15.5 Å². The fourth-order valence-electron chi connectivity index (χ4n) is 3.38. The number of carbonyl (C=O) groups is 4. The van der Waals surface area contributed by atoms with Crippen molar-refractivity contribution in [1.29, 1.82) is 0 Å². The summed E-state index contributed by atoms with van der Waals surface area (Å²) in [4.78, 5) is 56.8. The Labute approximate surface area is 207 Å². The van der Waals surface area contributed by atoms with E-state index < -0.39 is 29.6 Å². The number of nitrogens with one attached hydrogen (secondary N) is 3. The van der Waals surface area contributed by atoms with E-state index in [1.165, 1.54) is 17.9 Å². The molecule has 11 heteroatoms. The van der Waals surface area contributed by atoms with Crippen LogP contribution in [-0.2, 0) is 20.7 Å². The molecule has 11 nitrogen and oxygen atoms in total. The number of hydrogen-bond donors (Lipinski definition) is 4. The maximum atomic E-state index is 13.2. The van der Waals surface area contributed by atoms with Crippen LogP contribution in [0.15, 0.2) is 42.5 Å². The molecule has 0 saturated heterocycles. The smallest absolute Gasteiger partial charge is 0.408 e. The molecule has 0 unspecified atom stereocenters. The quantitative estimate of drug-likeness (QED) is 0.392. The van der Waals surface area contributed by atoms with E-state index in [9.17, 15) is 19.2 Å². The first-order valence-electron chi connectivity index (χ1n) is 11.2. The molecule has 3 aromatic rings. The molecule has 0 radical (unpaired) electrons. The lowest BCUT2D eigenvalue weighted by Gasteiger charge is -2.24. The second kappa shape index (κ2) is 10.5. The van der Waals surface area contributed by atoms with Gasteiger partial charge in [0.25, 0.3) is 0 Å². The van der Waals surface area contributed by atoms with Crippen molar-refractivity contribution in [2.45, 2.75) is 45.8 Å². The van der Waals surface area contributed by atoms with E-state index >= 15 is 0 Å². The van der Waals surface area contributed by atoms with Crippen molar-refractivity contribution in [3.05, 3.63) is 53.9 Å². The molecule has 190 valence electrons. The molecule has 0 spiro atoms. The third kappa shape index (κ3) is 6.81. The second-order valence-corrected chi connectivity index (χ2v) is 9.26. The van der Waals surface area contributed by atoms with Crippen molar-refractivity contribution in [2.75, 3.05) is 17.3 Å². The van der Waals surface area contributed by atoms with Gasteiger partial charge in [-0.15, -0.1) is 0 Å². The molecule has 1 aromatic heterocycles. The number of H-pyrrole nitrogens is 1. The molecule has 0 saturated carbocycles. The number of fused-ring (bicyclic) bond motifs is 1. The Morgan fingerprint density at radius 2 is 1.86 bits per heavy atom. The summed E-state index contributed by atoms with van der Waals surface area (Å²) < 4.78 is 5.33. The second-order valence-electron chi connectivity index (χ2n) is 9.26. The van der Waals surface area contributed by atoms with Gasteiger partial charge >= 0.3 is 12.1 Å². The summed E-state index contributed by atoms with van der Waals surface area (Å²) in [6, 6.07) is 10.8. The predicted molar refractivity (Wildman–Crippen MR) is 134 cm³/mol. The number of carboxylic acids is 1. The van der Waals surface area contributed by atoms with Gasteiger partial charge in [0.05, 0.1) is 11.0 Å². The van der Waals surface area contributed by atoms with Gasteiger partial charge < -0.3 is 30.4 Å². The molecule has 3 rings (SSSR count). The highest BCUT2D eigenvalue weighted by Gasteiger charge is 2.25. The summed E-state index contributed by atoms with van der Waals surface area (Å²) in [5.74, 6) is -2.07. The maximum absolute atomic E-state index is 13.2. The van der Waals surface area contributed by atoms with Crippen molar-refractivity contribution in [1.82, 2.24) is 15.3 Å². The first kappa shape index (κ1) is 26.2. The van der Waals surface area contributed by atoms with E-state index in [1.54, 1.807) is 64.2 Å². The summed E-state index contributed by atoms with van der Waals surface area (Å²) in [6.45, 7) is 6.59. The van der Waals surface area contributed by atoms with E-state index in [-0.39, 0.29) is 18.2 Å². The molecule has 0 fully saturated rings. The van der Waals surface area contributed by atoms with Crippen molar-refractivity contribution in [3.8, 4) is 0 Å². The summed E-state index contributed by atoms with van der Waals surface area (Å²) in [5.41, 5.74) is 1.83. The zero-order valence-electron chi connectivity index (χ0n) is 20.7. The fourth-order valence-corrected chi connectivity index (χ4v) is 3.38. The van der Waals surface area contributed by atoms with Crippen molar-refractivity contribution in [2.24, 2.45) is 0 Å². The summed E-state index contributed by atoms with van der Waals surface area (Å²) >= 11 is 0. The van der Waals surface area contributed by atoms with Crippen LogP contribution in [0.1, 0.15) is 43.9 Å². The normalized spacial score (nSPS) is 12.0. The number of anilines is 2. The van der Waals surface area contributed by atoms with Gasteiger partial charge in [0.15, 0.2) is 0 Å². The number of imidazole rings is 1. The average molecular weight is 496 g/mol. The number of aromatic amines is 1. The van der Waals surface area contributed by atoms with Crippen LogP contribution in [0.25, 0.3) is 11.0 Å². The van der Waals surface area contributed by atoms with Crippen LogP contribution in [0.4, 0.5) is 16.2 Å². The zero-order valence-corrected chi connectivity index (χ0v) is 20.7. The Bertz CT molecular complexity index is 1310. The van der Waals surface area contributed by atoms with Crippen molar-refractivity contribution in [3.63, 3.8) is 0 Å². The van der Waals surface area contributed by atoms with Crippen LogP contribution in [0.3, 0.4) is 0 Å². The van der Waals surface area contributed by atoms with Gasteiger partial charge in [-0.3, -0.25) is 9.59 Å². The lowest BCUT2D eigenvalue weighted by Crippen LogP contribution is -2.47. The monoisotopic (exact) mass is 495 g/mol. The number of hydrogen-bond acceptors (Lipinski definition) is 6. The van der Waals surface area contributed by atoms with E-state index in [2.05, 4.69) is 20.6 Å². The number of rotatable bonds is 7. The molecule has 0 aliphatic rings. The van der Waals surface area contributed by atoms with E-state index in [0.29, 0.717) is 28.0 Å². The van der Waals surface area contributed by atoms with Gasteiger partial charge in [-0.05, 0) is 56.7 Å². The average Bonchev–Trinajstić information content (AvgIpc) is 3.21. The van der Waals surface area contributed by atoms with E-state index in [1.807, 2.05) is 0 Å². The minimum atomic E-state index is -1.20. The molecule has 1 heterocycles. The van der Waals surface area contributed by atoms with E-state index in [4.69, 9.17) is 9.84 Å². The summed E-state index contributed by atoms with van der Waals surface area (Å²) in [6.07, 6.45) is -0.633. The van der Waals surface area contributed by atoms with Gasteiger partial charge in [0.1, 0.15) is 11.6 Å². The van der Waals surface area contributed by atoms with E-state index in [0.717, 1.165) is 0 Å². The fraction of sp³-hybridized carbons (Fsp3) is 0.320. The van der Waals surface area contributed by atoms with Crippen LogP contribution in [0, 0.1) is 0 Å². The van der Waals surface area contributed by atoms with Gasteiger partial charge in [0, 0.05) is 31.8 Å². The number of benzene rings is 2. The number of aromatic nitrogens is 2. The Hall–Kier alpha value is -4.41. The van der Waals surface area contributed by atoms with Crippen molar-refractivity contribution < 1.29 is 29.0 Å². The molecule has 4 N–H and O–H groups in total. The number of alkyl carbamates (subject to hydrolysis) is 1.